The molecule has 1 atom stereocenters. The molecule has 3 aliphatic rings. The van der Waals surface area contributed by atoms with Gasteiger partial charge in [0.2, 0.25) is 5.91 Å². The lowest BCUT2D eigenvalue weighted by molar-refractivity contribution is -0.149. The van der Waals surface area contributed by atoms with Crippen molar-refractivity contribution in [2.45, 2.75) is 77.2 Å². The van der Waals surface area contributed by atoms with Crippen LogP contribution in [0.1, 0.15) is 80.8 Å². The van der Waals surface area contributed by atoms with E-state index in [0.717, 1.165) is 57.2 Å². The molecule has 1 aromatic heterocycles. The predicted octanol–water partition coefficient (Wildman–Crippen LogP) is 3.15. The van der Waals surface area contributed by atoms with Crippen LogP contribution in [0.25, 0.3) is 0 Å². The molecule has 1 saturated carbocycles. The number of carbonyl (C=O) groups is 2. The third-order valence-corrected chi connectivity index (χ3v) is 6.87. The molecule has 2 saturated heterocycles. The van der Waals surface area contributed by atoms with Gasteiger partial charge < -0.3 is 9.80 Å². The molecule has 6 nitrogen and oxygen atoms in total. The van der Waals surface area contributed by atoms with Crippen LogP contribution in [0.4, 0.5) is 0 Å². The van der Waals surface area contributed by atoms with Gasteiger partial charge in [-0.3, -0.25) is 14.7 Å². The Hall–Kier alpha value is -1.85. The first-order valence-electron chi connectivity index (χ1n) is 10.8. The topological polar surface area (TPSA) is 69.3 Å². The second-order valence-electron chi connectivity index (χ2n) is 8.66. The highest BCUT2D eigenvalue weighted by Gasteiger charge is 2.50. The van der Waals surface area contributed by atoms with Gasteiger partial charge in [0.1, 0.15) is 0 Å². The van der Waals surface area contributed by atoms with Gasteiger partial charge >= 0.3 is 0 Å². The van der Waals surface area contributed by atoms with Crippen molar-refractivity contribution in [2.75, 3.05) is 19.6 Å². The second-order valence-corrected chi connectivity index (χ2v) is 8.66. The van der Waals surface area contributed by atoms with Gasteiger partial charge in [-0.15, -0.1) is 0 Å². The molecule has 1 unspecified atom stereocenters. The van der Waals surface area contributed by atoms with E-state index in [-0.39, 0.29) is 11.3 Å². The largest absolute Gasteiger partial charge is 0.339 e. The molecule has 148 valence electrons. The third kappa shape index (κ3) is 3.39. The standard InChI is InChI=1S/C21H32N4O2/c1-2-7-18-17(14-22-23-18)19(26)24-13-11-21(15-24)10-6-12-25(20(21)27)16-8-4-3-5-9-16/h14,16H,2-13,15H2,1H3,(H,22,23). The molecule has 0 radical (unpaired) electrons. The first kappa shape index (κ1) is 18.5. The van der Waals surface area contributed by atoms with Crippen LogP contribution in [0.15, 0.2) is 6.20 Å². The van der Waals surface area contributed by atoms with E-state index in [1.54, 1.807) is 6.20 Å². The lowest BCUT2D eigenvalue weighted by Crippen LogP contribution is -2.54. The Balaban J connectivity index is 1.47. The number of hydrogen-bond donors (Lipinski definition) is 1. The molecule has 1 N–H and O–H groups in total. The fraction of sp³-hybridized carbons (Fsp3) is 0.762. The van der Waals surface area contributed by atoms with Crippen LogP contribution in [0.3, 0.4) is 0 Å². The first-order chi connectivity index (χ1) is 13.1. The summed E-state index contributed by atoms with van der Waals surface area (Å²) in [5.74, 6) is 0.351. The molecule has 4 rings (SSSR count). The summed E-state index contributed by atoms with van der Waals surface area (Å²) < 4.78 is 0. The highest BCUT2D eigenvalue weighted by Crippen LogP contribution is 2.42. The number of nitrogens with zero attached hydrogens (tertiary/aromatic N) is 3. The van der Waals surface area contributed by atoms with E-state index < -0.39 is 0 Å². The van der Waals surface area contributed by atoms with Crippen molar-refractivity contribution in [3.8, 4) is 0 Å². The number of nitrogens with one attached hydrogen (secondary N) is 1. The molecule has 2 aliphatic heterocycles. The number of rotatable bonds is 4. The minimum absolute atomic E-state index is 0.0339. The Morgan fingerprint density at radius 3 is 2.81 bits per heavy atom. The zero-order valence-corrected chi connectivity index (χ0v) is 16.5. The maximum atomic E-state index is 13.4. The number of amides is 2. The maximum absolute atomic E-state index is 13.4. The van der Waals surface area contributed by atoms with Crippen LogP contribution in [0, 0.1) is 5.41 Å². The number of piperidine rings is 1. The Morgan fingerprint density at radius 2 is 2.04 bits per heavy atom. The van der Waals surface area contributed by atoms with Gasteiger partial charge in [0, 0.05) is 31.4 Å². The Labute approximate surface area is 161 Å². The Bertz CT molecular complexity index is 694. The number of aromatic amines is 1. The summed E-state index contributed by atoms with van der Waals surface area (Å²) in [5, 5.41) is 7.05. The van der Waals surface area contributed by atoms with Gasteiger partial charge in [0.15, 0.2) is 0 Å². The summed E-state index contributed by atoms with van der Waals surface area (Å²) in [7, 11) is 0. The molecule has 2 amide bonds. The molecule has 1 aliphatic carbocycles. The molecule has 27 heavy (non-hydrogen) atoms. The Kier molecular flexibility index (Phi) is 5.24. The lowest BCUT2D eigenvalue weighted by atomic mass is 9.77. The van der Waals surface area contributed by atoms with Gasteiger partial charge in [-0.2, -0.15) is 5.10 Å². The van der Waals surface area contributed by atoms with Gasteiger partial charge in [0.25, 0.3) is 5.91 Å². The molecule has 3 fully saturated rings. The van der Waals surface area contributed by atoms with Crippen LogP contribution in [-0.4, -0.2) is 57.5 Å². The third-order valence-electron chi connectivity index (χ3n) is 6.87. The number of H-pyrrole nitrogens is 1. The predicted molar refractivity (Wildman–Crippen MR) is 103 cm³/mol. The minimum Gasteiger partial charge on any atom is -0.339 e. The molecule has 3 heterocycles. The van der Waals surface area contributed by atoms with Crippen molar-refractivity contribution in [2.24, 2.45) is 5.41 Å². The lowest BCUT2D eigenvalue weighted by Gasteiger charge is -2.44. The van der Waals surface area contributed by atoms with Crippen molar-refractivity contribution in [3.05, 3.63) is 17.5 Å². The van der Waals surface area contributed by atoms with Crippen LogP contribution < -0.4 is 0 Å². The van der Waals surface area contributed by atoms with Gasteiger partial charge in [-0.25, -0.2) is 0 Å². The molecular weight excluding hydrogens is 340 g/mol. The molecular formula is C21H32N4O2. The van der Waals surface area contributed by atoms with E-state index in [1.807, 2.05) is 4.90 Å². The van der Waals surface area contributed by atoms with Crippen molar-refractivity contribution in [3.63, 3.8) is 0 Å². The maximum Gasteiger partial charge on any atom is 0.257 e. The second kappa shape index (κ2) is 7.64. The van der Waals surface area contributed by atoms with Crippen LogP contribution in [0.5, 0.6) is 0 Å². The van der Waals surface area contributed by atoms with Crippen LogP contribution >= 0.6 is 0 Å². The summed E-state index contributed by atoms with van der Waals surface area (Å²) in [4.78, 5) is 30.6. The van der Waals surface area contributed by atoms with E-state index in [0.29, 0.717) is 30.6 Å². The quantitative estimate of drug-likeness (QED) is 0.883. The van der Waals surface area contributed by atoms with Gasteiger partial charge in [-0.05, 0) is 38.5 Å². The zero-order valence-electron chi connectivity index (χ0n) is 16.5. The summed E-state index contributed by atoms with van der Waals surface area (Å²) in [6.45, 7) is 4.26. The van der Waals surface area contributed by atoms with Crippen molar-refractivity contribution in [1.82, 2.24) is 20.0 Å². The summed E-state index contributed by atoms with van der Waals surface area (Å²) in [5.41, 5.74) is 1.25. The van der Waals surface area contributed by atoms with Crippen LogP contribution in [0.2, 0.25) is 0 Å². The molecule has 0 aromatic carbocycles. The molecule has 0 bridgehead atoms. The van der Waals surface area contributed by atoms with E-state index in [2.05, 4.69) is 22.0 Å². The molecule has 1 aromatic rings. The highest BCUT2D eigenvalue weighted by atomic mass is 16.2. The number of hydrogen-bond acceptors (Lipinski definition) is 3. The van der Waals surface area contributed by atoms with Gasteiger partial charge in [-0.1, -0.05) is 32.6 Å². The molecule has 6 heteroatoms. The minimum atomic E-state index is -0.347. The van der Waals surface area contributed by atoms with E-state index in [9.17, 15) is 9.59 Å². The number of carbonyl (C=O) groups excluding carboxylic acids is 2. The molecule has 1 spiro atoms. The first-order valence-corrected chi connectivity index (χ1v) is 10.8. The number of aromatic nitrogens is 2. The average molecular weight is 373 g/mol. The smallest absolute Gasteiger partial charge is 0.257 e. The van der Waals surface area contributed by atoms with Crippen molar-refractivity contribution >= 4 is 11.8 Å². The van der Waals surface area contributed by atoms with Crippen molar-refractivity contribution < 1.29 is 9.59 Å². The SMILES string of the molecule is CCCc1[nH]ncc1C(=O)N1CCC2(CCCN(C3CCCCC3)C2=O)C1. The highest BCUT2D eigenvalue weighted by molar-refractivity contribution is 5.96. The fourth-order valence-corrected chi connectivity index (χ4v) is 5.37. The average Bonchev–Trinajstić information content (AvgIpc) is 3.33. The van der Waals surface area contributed by atoms with E-state index in [1.165, 1.54) is 19.3 Å². The van der Waals surface area contributed by atoms with Crippen molar-refractivity contribution in [1.29, 1.82) is 0 Å². The van der Waals surface area contributed by atoms with E-state index >= 15 is 0 Å². The monoisotopic (exact) mass is 372 g/mol. The van der Waals surface area contributed by atoms with Crippen LogP contribution in [-0.2, 0) is 11.2 Å². The van der Waals surface area contributed by atoms with Gasteiger partial charge in [0.05, 0.1) is 17.2 Å². The zero-order chi connectivity index (χ0) is 18.9. The summed E-state index contributed by atoms with van der Waals surface area (Å²) in [6.07, 6.45) is 12.3. The summed E-state index contributed by atoms with van der Waals surface area (Å²) in [6, 6.07) is 0.429. The normalized spacial score (nSPS) is 26.9. The number of likely N-dealkylation sites (tertiary alicyclic amines) is 2. The summed E-state index contributed by atoms with van der Waals surface area (Å²) >= 11 is 0. The fourth-order valence-electron chi connectivity index (χ4n) is 5.37. The van der Waals surface area contributed by atoms with E-state index in [4.69, 9.17) is 0 Å². The Morgan fingerprint density at radius 1 is 1.22 bits per heavy atom. The number of aryl methyl sites for hydroxylation is 1.